The molecule has 2 amide bonds. The van der Waals surface area contributed by atoms with Crippen LogP contribution in [0.15, 0.2) is 53.1 Å². The Hall–Kier alpha value is -3.33. The van der Waals surface area contributed by atoms with Gasteiger partial charge < -0.3 is 25.8 Å². The number of H-pyrrole nitrogens is 1. The number of phenolic OH excluding ortho intramolecular Hbond substituents is 1. The van der Waals surface area contributed by atoms with Gasteiger partial charge in [-0.1, -0.05) is 30.3 Å². The van der Waals surface area contributed by atoms with Crippen molar-refractivity contribution in [2.75, 3.05) is 0 Å². The van der Waals surface area contributed by atoms with Gasteiger partial charge in [0.2, 0.25) is 11.8 Å². The van der Waals surface area contributed by atoms with Gasteiger partial charge in [0.25, 0.3) is 0 Å². The van der Waals surface area contributed by atoms with Crippen molar-refractivity contribution >= 4 is 44.6 Å². The number of rotatable bonds is 7. The number of carbonyl (C=O) groups excluding carboxylic acids is 2. The summed E-state index contributed by atoms with van der Waals surface area (Å²) < 4.78 is 0.729. The van der Waals surface area contributed by atoms with Gasteiger partial charge in [-0.2, -0.15) is 0 Å². The summed E-state index contributed by atoms with van der Waals surface area (Å²) in [4.78, 5) is 40.4. The molecule has 0 spiro atoms. The first-order valence-electron chi connectivity index (χ1n) is 10.2. The van der Waals surface area contributed by atoms with Crippen LogP contribution < -0.4 is 10.6 Å². The molecule has 1 aliphatic heterocycles. The number of benzene rings is 2. The van der Waals surface area contributed by atoms with E-state index >= 15 is 0 Å². The maximum Gasteiger partial charge on any atom is 0.305 e. The zero-order chi connectivity index (χ0) is 22.9. The Bertz CT molecular complexity index is 1190. The van der Waals surface area contributed by atoms with Crippen LogP contribution in [0.2, 0.25) is 0 Å². The average molecular weight is 500 g/mol. The second-order valence-corrected chi connectivity index (χ2v) is 8.78. The van der Waals surface area contributed by atoms with Crippen molar-refractivity contribution in [1.82, 2.24) is 15.6 Å². The third kappa shape index (κ3) is 4.34. The molecule has 0 aliphatic carbocycles. The minimum Gasteiger partial charge on any atom is -0.508 e. The van der Waals surface area contributed by atoms with Crippen LogP contribution in [0.4, 0.5) is 0 Å². The first-order valence-corrected chi connectivity index (χ1v) is 10.9. The lowest BCUT2D eigenvalue weighted by Crippen LogP contribution is -2.56. The number of para-hydroxylation sites is 1. The van der Waals surface area contributed by atoms with E-state index in [1.54, 1.807) is 12.1 Å². The standard InChI is InChI=1S/C23H22BrN3O5/c24-21-16(15-3-1-2-4-17(15)25-21)12-23(10-9-19(29)27-23)22(32)26-18(11-20(30)31)13-5-7-14(28)8-6-13/h1-8,18,25,28H,9-12H2,(H,26,32)(H,27,29)(H,30,31)/t18-,23-/m1/s1. The third-order valence-corrected chi connectivity index (χ3v) is 6.49. The normalized spacial score (nSPS) is 19.0. The summed E-state index contributed by atoms with van der Waals surface area (Å²) in [5.41, 5.74) is 1.10. The van der Waals surface area contributed by atoms with Crippen molar-refractivity contribution in [2.24, 2.45) is 0 Å². The summed E-state index contributed by atoms with van der Waals surface area (Å²) in [6.45, 7) is 0. The Kier molecular flexibility index (Phi) is 5.92. The lowest BCUT2D eigenvalue weighted by molar-refractivity contribution is -0.138. The van der Waals surface area contributed by atoms with Crippen LogP contribution in [0.1, 0.15) is 36.4 Å². The van der Waals surface area contributed by atoms with E-state index in [1.165, 1.54) is 12.1 Å². The van der Waals surface area contributed by atoms with E-state index in [0.717, 1.165) is 21.1 Å². The molecule has 5 N–H and O–H groups in total. The number of aliphatic carboxylic acids is 1. The number of nitrogens with one attached hydrogen (secondary N) is 3. The molecule has 1 fully saturated rings. The maximum absolute atomic E-state index is 13.5. The molecule has 0 bridgehead atoms. The van der Waals surface area contributed by atoms with Crippen molar-refractivity contribution in [3.05, 3.63) is 64.3 Å². The molecule has 9 heteroatoms. The largest absolute Gasteiger partial charge is 0.508 e. The number of carboxylic acid groups (broad SMARTS) is 1. The van der Waals surface area contributed by atoms with Gasteiger partial charge in [0.05, 0.1) is 17.1 Å². The Morgan fingerprint density at radius 2 is 1.88 bits per heavy atom. The molecule has 0 radical (unpaired) electrons. The fraction of sp³-hybridized carbons (Fsp3) is 0.261. The topological polar surface area (TPSA) is 132 Å². The number of hydrogen-bond donors (Lipinski definition) is 5. The lowest BCUT2D eigenvalue weighted by Gasteiger charge is -2.30. The van der Waals surface area contributed by atoms with Crippen LogP contribution in [-0.2, 0) is 20.8 Å². The molecule has 1 saturated heterocycles. The number of carbonyl (C=O) groups is 3. The predicted molar refractivity (Wildman–Crippen MR) is 121 cm³/mol. The highest BCUT2D eigenvalue weighted by Crippen LogP contribution is 2.34. The van der Waals surface area contributed by atoms with Gasteiger partial charge >= 0.3 is 5.97 Å². The number of aromatic hydroxyl groups is 1. The maximum atomic E-state index is 13.5. The van der Waals surface area contributed by atoms with Gasteiger partial charge in [0.15, 0.2) is 0 Å². The van der Waals surface area contributed by atoms with E-state index in [4.69, 9.17) is 0 Å². The fourth-order valence-corrected chi connectivity index (χ4v) is 4.74. The number of hydrogen-bond acceptors (Lipinski definition) is 4. The Labute approximate surface area is 192 Å². The minimum atomic E-state index is -1.21. The van der Waals surface area contributed by atoms with Gasteiger partial charge in [0, 0.05) is 23.7 Å². The van der Waals surface area contributed by atoms with Crippen LogP contribution in [-0.4, -0.2) is 38.5 Å². The van der Waals surface area contributed by atoms with Crippen molar-refractivity contribution in [1.29, 1.82) is 0 Å². The van der Waals surface area contributed by atoms with Crippen LogP contribution in [0, 0.1) is 0 Å². The summed E-state index contributed by atoms with van der Waals surface area (Å²) in [6.07, 6.45) is 0.400. The van der Waals surface area contributed by atoms with Crippen LogP contribution in [0.3, 0.4) is 0 Å². The zero-order valence-electron chi connectivity index (χ0n) is 17.0. The van der Waals surface area contributed by atoms with Crippen LogP contribution in [0.25, 0.3) is 10.9 Å². The van der Waals surface area contributed by atoms with Crippen molar-refractivity contribution < 1.29 is 24.6 Å². The number of aromatic nitrogens is 1. The van der Waals surface area contributed by atoms with Gasteiger partial charge in [-0.3, -0.25) is 14.4 Å². The number of fused-ring (bicyclic) bond motifs is 1. The third-order valence-electron chi connectivity index (χ3n) is 5.81. The molecule has 1 aromatic heterocycles. The highest BCUT2D eigenvalue weighted by Gasteiger charge is 2.46. The SMILES string of the molecule is O=C(O)C[C@@H](NC(=O)[C@]1(Cc2c(Br)[nH]c3ccccc23)CCC(=O)N1)c1ccc(O)cc1. The van der Waals surface area contributed by atoms with E-state index in [1.807, 2.05) is 24.3 Å². The summed E-state index contributed by atoms with van der Waals surface area (Å²) in [7, 11) is 0. The number of carboxylic acids is 1. The van der Waals surface area contributed by atoms with E-state index in [0.29, 0.717) is 12.0 Å². The van der Waals surface area contributed by atoms with Crippen molar-refractivity contribution in [3.8, 4) is 5.75 Å². The van der Waals surface area contributed by atoms with Gasteiger partial charge in [-0.25, -0.2) is 0 Å². The summed E-state index contributed by atoms with van der Waals surface area (Å²) in [6, 6.07) is 12.9. The van der Waals surface area contributed by atoms with Crippen LogP contribution >= 0.6 is 15.9 Å². The Morgan fingerprint density at radius 1 is 1.16 bits per heavy atom. The second kappa shape index (κ2) is 8.66. The smallest absolute Gasteiger partial charge is 0.305 e. The molecule has 1 aliphatic rings. The van der Waals surface area contributed by atoms with Crippen molar-refractivity contribution in [2.45, 2.75) is 37.3 Å². The van der Waals surface area contributed by atoms with Crippen LogP contribution in [0.5, 0.6) is 5.75 Å². The molecule has 32 heavy (non-hydrogen) atoms. The average Bonchev–Trinajstić information content (AvgIpc) is 3.28. The van der Waals surface area contributed by atoms with E-state index in [9.17, 15) is 24.6 Å². The fourth-order valence-electron chi connectivity index (χ4n) is 4.17. The van der Waals surface area contributed by atoms with Gasteiger partial charge in [-0.15, -0.1) is 0 Å². The number of phenols is 1. The molecule has 2 atom stereocenters. The molecule has 3 aromatic rings. The van der Waals surface area contributed by atoms with Crippen molar-refractivity contribution in [3.63, 3.8) is 0 Å². The minimum absolute atomic E-state index is 0.0397. The molecular formula is C23H22BrN3O5. The Morgan fingerprint density at radius 3 is 2.53 bits per heavy atom. The van der Waals surface area contributed by atoms with Gasteiger partial charge in [0.1, 0.15) is 11.3 Å². The molecule has 8 nitrogen and oxygen atoms in total. The number of aromatic amines is 1. The second-order valence-electron chi connectivity index (χ2n) is 7.99. The number of amides is 2. The van der Waals surface area contributed by atoms with E-state index < -0.39 is 23.5 Å². The highest BCUT2D eigenvalue weighted by atomic mass is 79.9. The molecule has 4 rings (SSSR count). The molecule has 2 aromatic carbocycles. The molecular weight excluding hydrogens is 478 g/mol. The lowest BCUT2D eigenvalue weighted by atomic mass is 9.87. The first kappa shape index (κ1) is 21.9. The van der Waals surface area contributed by atoms with Gasteiger partial charge in [-0.05, 0) is 51.7 Å². The molecule has 166 valence electrons. The quantitative estimate of drug-likeness (QED) is 0.340. The first-order chi connectivity index (χ1) is 15.3. The number of halogens is 1. The molecule has 2 heterocycles. The summed E-state index contributed by atoms with van der Waals surface area (Å²) in [5, 5.41) is 25.5. The summed E-state index contributed by atoms with van der Waals surface area (Å²) in [5.74, 6) is -1.71. The Balaban J connectivity index is 1.66. The monoisotopic (exact) mass is 499 g/mol. The highest BCUT2D eigenvalue weighted by molar-refractivity contribution is 9.10. The predicted octanol–water partition coefficient (Wildman–Crippen LogP) is 3.16. The molecule has 0 unspecified atom stereocenters. The van der Waals surface area contributed by atoms with E-state index in [-0.39, 0.29) is 30.9 Å². The zero-order valence-corrected chi connectivity index (χ0v) is 18.6. The molecule has 0 saturated carbocycles. The summed E-state index contributed by atoms with van der Waals surface area (Å²) >= 11 is 3.53. The van der Waals surface area contributed by atoms with E-state index in [2.05, 4.69) is 31.5 Å².